The van der Waals surface area contributed by atoms with Gasteiger partial charge in [0.25, 0.3) is 0 Å². The molecule has 1 N–H and O–H groups in total. The molecule has 2 aromatic rings. The fourth-order valence-corrected chi connectivity index (χ4v) is 2.03. The van der Waals surface area contributed by atoms with Crippen LogP contribution in [-0.2, 0) is 6.42 Å². The molecule has 0 radical (unpaired) electrons. The third kappa shape index (κ3) is 3.63. The van der Waals surface area contributed by atoms with Crippen molar-refractivity contribution in [2.24, 2.45) is 0 Å². The van der Waals surface area contributed by atoms with Crippen LogP contribution in [0, 0.1) is 0 Å². The van der Waals surface area contributed by atoms with E-state index in [1.807, 2.05) is 12.1 Å². The van der Waals surface area contributed by atoms with Crippen molar-refractivity contribution in [3.8, 4) is 11.1 Å². The van der Waals surface area contributed by atoms with Gasteiger partial charge < -0.3 is 5.11 Å². The topological polar surface area (TPSA) is 63.1 Å². The van der Waals surface area contributed by atoms with Gasteiger partial charge in [0.05, 0.1) is 0 Å². The van der Waals surface area contributed by atoms with Crippen LogP contribution >= 0.6 is 0 Å². The minimum absolute atomic E-state index is 0.176. The summed E-state index contributed by atoms with van der Waals surface area (Å²) in [6.07, 6.45) is 7.89. The lowest BCUT2D eigenvalue weighted by Gasteiger charge is -2.04. The summed E-state index contributed by atoms with van der Waals surface area (Å²) in [4.78, 5) is 18.3. The second kappa shape index (κ2) is 6.80. The normalized spacial score (nSPS) is 10.4. The van der Waals surface area contributed by atoms with Crippen LogP contribution in [0.3, 0.4) is 0 Å². The van der Waals surface area contributed by atoms with Crippen LogP contribution < -0.4 is 0 Å². The Hall–Kier alpha value is -2.23. The largest absolute Gasteiger partial charge is 0.475 e. The maximum atomic E-state index is 10.7. The zero-order chi connectivity index (χ0) is 14.4. The van der Waals surface area contributed by atoms with Gasteiger partial charge in [0.2, 0.25) is 5.82 Å². The Morgan fingerprint density at radius 3 is 2.25 bits per heavy atom. The maximum absolute atomic E-state index is 10.7. The Morgan fingerprint density at radius 1 is 1.05 bits per heavy atom. The van der Waals surface area contributed by atoms with Gasteiger partial charge in [-0.2, -0.15) is 0 Å². The lowest BCUT2D eigenvalue weighted by Crippen LogP contribution is -2.03. The molecule has 0 fully saturated rings. The van der Waals surface area contributed by atoms with Crippen molar-refractivity contribution in [2.45, 2.75) is 32.6 Å². The number of aromatic carboxylic acids is 1. The highest BCUT2D eigenvalue weighted by atomic mass is 16.4. The number of hydrogen-bond donors (Lipinski definition) is 1. The standard InChI is InChI=1S/C16H18N2O2/c1-2-3-4-5-12-6-8-13(9-7-12)14-10-17-15(16(19)20)18-11-14/h6-11H,2-5H2,1H3,(H,19,20). The van der Waals surface area contributed by atoms with Crippen LogP contribution in [0.4, 0.5) is 0 Å². The highest BCUT2D eigenvalue weighted by Crippen LogP contribution is 2.19. The van der Waals surface area contributed by atoms with Gasteiger partial charge in [-0.25, -0.2) is 14.8 Å². The summed E-state index contributed by atoms with van der Waals surface area (Å²) in [5.74, 6) is -1.28. The summed E-state index contributed by atoms with van der Waals surface area (Å²) < 4.78 is 0. The summed E-state index contributed by atoms with van der Waals surface area (Å²) in [6.45, 7) is 2.20. The van der Waals surface area contributed by atoms with Gasteiger partial charge in [-0.3, -0.25) is 0 Å². The Kier molecular flexibility index (Phi) is 4.82. The van der Waals surface area contributed by atoms with Crippen molar-refractivity contribution >= 4 is 5.97 Å². The number of carboxylic acid groups (broad SMARTS) is 1. The summed E-state index contributed by atoms with van der Waals surface area (Å²) in [5.41, 5.74) is 3.15. The van der Waals surface area contributed by atoms with Crippen molar-refractivity contribution in [1.82, 2.24) is 9.97 Å². The molecule has 0 unspecified atom stereocenters. The van der Waals surface area contributed by atoms with Gasteiger partial charge in [-0.05, 0) is 24.0 Å². The number of unbranched alkanes of at least 4 members (excludes halogenated alkanes) is 2. The molecule has 4 nitrogen and oxygen atoms in total. The molecule has 20 heavy (non-hydrogen) atoms. The van der Waals surface area contributed by atoms with Gasteiger partial charge in [0.1, 0.15) is 0 Å². The second-order valence-electron chi connectivity index (χ2n) is 4.75. The van der Waals surface area contributed by atoms with Crippen LogP contribution in [0.1, 0.15) is 42.4 Å². The lowest BCUT2D eigenvalue weighted by atomic mass is 10.0. The van der Waals surface area contributed by atoms with Crippen molar-refractivity contribution in [1.29, 1.82) is 0 Å². The Morgan fingerprint density at radius 2 is 1.70 bits per heavy atom. The van der Waals surface area contributed by atoms with Crippen LogP contribution in [-0.4, -0.2) is 21.0 Å². The van der Waals surface area contributed by atoms with E-state index in [-0.39, 0.29) is 5.82 Å². The summed E-state index contributed by atoms with van der Waals surface area (Å²) in [6, 6.07) is 8.27. The molecule has 1 heterocycles. The number of aromatic nitrogens is 2. The Bertz CT molecular complexity index is 562. The quantitative estimate of drug-likeness (QED) is 0.815. The lowest BCUT2D eigenvalue weighted by molar-refractivity contribution is 0.0683. The first kappa shape index (κ1) is 14.2. The predicted octanol–water partition coefficient (Wildman–Crippen LogP) is 3.57. The first-order valence-electron chi connectivity index (χ1n) is 6.85. The second-order valence-corrected chi connectivity index (χ2v) is 4.75. The molecule has 0 saturated carbocycles. The van der Waals surface area contributed by atoms with E-state index in [2.05, 4.69) is 29.0 Å². The van der Waals surface area contributed by atoms with Crippen molar-refractivity contribution in [3.05, 3.63) is 48.0 Å². The molecule has 0 aliphatic carbocycles. The number of carbonyl (C=O) groups is 1. The number of benzene rings is 1. The van der Waals surface area contributed by atoms with E-state index in [0.29, 0.717) is 0 Å². The molecule has 1 aromatic heterocycles. The van der Waals surface area contributed by atoms with Gasteiger partial charge in [-0.1, -0.05) is 44.0 Å². The van der Waals surface area contributed by atoms with Crippen LogP contribution in [0.25, 0.3) is 11.1 Å². The van der Waals surface area contributed by atoms with Crippen molar-refractivity contribution in [2.75, 3.05) is 0 Å². The minimum Gasteiger partial charge on any atom is -0.475 e. The predicted molar refractivity (Wildman–Crippen MR) is 77.7 cm³/mol. The Balaban J connectivity index is 2.07. The van der Waals surface area contributed by atoms with Gasteiger partial charge >= 0.3 is 5.97 Å². The molecule has 0 aliphatic rings. The molecular formula is C16H18N2O2. The minimum atomic E-state index is -1.11. The number of hydrogen-bond acceptors (Lipinski definition) is 3. The molecule has 0 bridgehead atoms. The first-order valence-corrected chi connectivity index (χ1v) is 6.85. The van der Waals surface area contributed by atoms with E-state index in [9.17, 15) is 4.79 Å². The molecule has 0 spiro atoms. The van der Waals surface area contributed by atoms with E-state index in [4.69, 9.17) is 5.11 Å². The summed E-state index contributed by atoms with van der Waals surface area (Å²) >= 11 is 0. The molecular weight excluding hydrogens is 252 g/mol. The van der Waals surface area contributed by atoms with E-state index in [1.54, 1.807) is 12.4 Å². The number of carboxylic acids is 1. The third-order valence-electron chi connectivity index (χ3n) is 3.20. The SMILES string of the molecule is CCCCCc1ccc(-c2cnc(C(=O)O)nc2)cc1. The van der Waals surface area contributed by atoms with E-state index in [1.165, 1.54) is 24.8 Å². The summed E-state index contributed by atoms with van der Waals surface area (Å²) in [7, 11) is 0. The van der Waals surface area contributed by atoms with E-state index in [0.717, 1.165) is 17.5 Å². The highest BCUT2D eigenvalue weighted by molar-refractivity contribution is 5.83. The first-order chi connectivity index (χ1) is 9.70. The van der Waals surface area contributed by atoms with Gasteiger partial charge in [-0.15, -0.1) is 0 Å². The molecule has 104 valence electrons. The molecule has 0 atom stereocenters. The van der Waals surface area contributed by atoms with Gasteiger partial charge in [0, 0.05) is 18.0 Å². The smallest absolute Gasteiger partial charge is 0.373 e. The van der Waals surface area contributed by atoms with Crippen LogP contribution in [0.5, 0.6) is 0 Å². The number of aryl methyl sites for hydroxylation is 1. The van der Waals surface area contributed by atoms with E-state index >= 15 is 0 Å². The zero-order valence-electron chi connectivity index (χ0n) is 11.5. The van der Waals surface area contributed by atoms with Crippen LogP contribution in [0.15, 0.2) is 36.7 Å². The molecule has 0 amide bonds. The zero-order valence-corrected chi connectivity index (χ0v) is 11.5. The molecule has 0 aliphatic heterocycles. The average Bonchev–Trinajstić information content (AvgIpc) is 2.48. The van der Waals surface area contributed by atoms with Crippen molar-refractivity contribution in [3.63, 3.8) is 0 Å². The number of rotatable bonds is 6. The molecule has 1 aromatic carbocycles. The fraction of sp³-hybridized carbons (Fsp3) is 0.312. The Labute approximate surface area is 118 Å². The van der Waals surface area contributed by atoms with E-state index < -0.39 is 5.97 Å². The fourth-order valence-electron chi connectivity index (χ4n) is 2.03. The van der Waals surface area contributed by atoms with Crippen molar-refractivity contribution < 1.29 is 9.90 Å². The average molecular weight is 270 g/mol. The summed E-state index contributed by atoms with van der Waals surface area (Å²) in [5, 5.41) is 8.76. The highest BCUT2D eigenvalue weighted by Gasteiger charge is 2.06. The maximum Gasteiger partial charge on any atom is 0.373 e. The molecule has 4 heteroatoms. The molecule has 0 saturated heterocycles. The molecule has 2 rings (SSSR count). The van der Waals surface area contributed by atoms with Crippen LogP contribution in [0.2, 0.25) is 0 Å². The third-order valence-corrected chi connectivity index (χ3v) is 3.20. The number of nitrogens with zero attached hydrogens (tertiary/aromatic N) is 2. The monoisotopic (exact) mass is 270 g/mol. The van der Waals surface area contributed by atoms with Gasteiger partial charge in [0.15, 0.2) is 0 Å².